The number of aromatic nitrogens is 2. The van der Waals surface area contributed by atoms with E-state index in [2.05, 4.69) is 60.9 Å². The van der Waals surface area contributed by atoms with Crippen LogP contribution in [0.1, 0.15) is 11.1 Å². The van der Waals surface area contributed by atoms with Crippen molar-refractivity contribution in [1.29, 1.82) is 0 Å². The highest BCUT2D eigenvalue weighted by Gasteiger charge is 2.17. The van der Waals surface area contributed by atoms with E-state index in [1.807, 2.05) is 12.4 Å². The van der Waals surface area contributed by atoms with Gasteiger partial charge >= 0.3 is 0 Å². The minimum Gasteiger partial charge on any atom is -0.464 e. The minimum atomic E-state index is 0.907. The van der Waals surface area contributed by atoms with Gasteiger partial charge in [-0.1, -0.05) is 42.5 Å². The topological polar surface area (TPSA) is 31.0 Å². The van der Waals surface area contributed by atoms with Crippen molar-refractivity contribution in [3.05, 3.63) is 72.2 Å². The van der Waals surface area contributed by atoms with Gasteiger partial charge in [0.05, 0.1) is 17.5 Å². The van der Waals surface area contributed by atoms with E-state index in [9.17, 15) is 0 Å². The summed E-state index contributed by atoms with van der Waals surface area (Å²) in [5.41, 5.74) is 6.71. The zero-order chi connectivity index (χ0) is 16.3. The largest absolute Gasteiger partial charge is 0.464 e. The molecule has 0 fully saturated rings. The van der Waals surface area contributed by atoms with Crippen LogP contribution in [0.15, 0.2) is 65.5 Å². The Morgan fingerprint density at radius 2 is 1.58 bits per heavy atom. The SMILES string of the molecule is Cc1cccc(C)c1-n1cnc2c3ccoc3c3ccccc3c21. The lowest BCUT2D eigenvalue weighted by Crippen LogP contribution is -1.99. The van der Waals surface area contributed by atoms with Crippen molar-refractivity contribution in [2.45, 2.75) is 13.8 Å². The second kappa shape index (κ2) is 4.71. The first-order valence-corrected chi connectivity index (χ1v) is 8.07. The van der Waals surface area contributed by atoms with Crippen LogP contribution < -0.4 is 0 Å². The number of imidazole rings is 1. The molecule has 0 atom stereocenters. The summed E-state index contributed by atoms with van der Waals surface area (Å²) in [7, 11) is 0. The normalized spacial score (nSPS) is 11.8. The summed E-state index contributed by atoms with van der Waals surface area (Å²) in [5, 5.41) is 3.35. The fourth-order valence-corrected chi connectivity index (χ4v) is 3.75. The van der Waals surface area contributed by atoms with Crippen LogP contribution in [0, 0.1) is 13.8 Å². The Labute approximate surface area is 139 Å². The molecule has 0 radical (unpaired) electrons. The van der Waals surface area contributed by atoms with Crippen molar-refractivity contribution in [2.24, 2.45) is 0 Å². The van der Waals surface area contributed by atoms with Crippen molar-refractivity contribution < 1.29 is 4.42 Å². The standard InChI is InChI=1S/C21H16N2O/c1-13-6-5-7-14(2)19(13)23-12-22-18-17-10-11-24-21(17)16-9-4-3-8-15(16)20(18)23/h3-12H,1-2H3. The maximum atomic E-state index is 5.75. The van der Waals surface area contributed by atoms with Crippen LogP contribution in [0.25, 0.3) is 38.5 Å². The number of para-hydroxylation sites is 1. The van der Waals surface area contributed by atoms with Gasteiger partial charge in [0.25, 0.3) is 0 Å². The summed E-state index contributed by atoms with van der Waals surface area (Å²) in [6.45, 7) is 4.29. The maximum absolute atomic E-state index is 5.75. The van der Waals surface area contributed by atoms with Gasteiger partial charge in [0.2, 0.25) is 0 Å². The number of rotatable bonds is 1. The Hall–Kier alpha value is -3.07. The summed E-state index contributed by atoms with van der Waals surface area (Å²) in [5.74, 6) is 0. The lowest BCUT2D eigenvalue weighted by atomic mass is 10.0. The third-order valence-corrected chi connectivity index (χ3v) is 4.80. The molecule has 0 amide bonds. The molecule has 3 heteroatoms. The fourth-order valence-electron chi connectivity index (χ4n) is 3.75. The average molecular weight is 312 g/mol. The van der Waals surface area contributed by atoms with Gasteiger partial charge in [0.15, 0.2) is 0 Å². The van der Waals surface area contributed by atoms with Crippen LogP contribution in [-0.4, -0.2) is 9.55 Å². The van der Waals surface area contributed by atoms with Gasteiger partial charge in [0.1, 0.15) is 17.4 Å². The van der Waals surface area contributed by atoms with Gasteiger partial charge < -0.3 is 4.42 Å². The lowest BCUT2D eigenvalue weighted by Gasteiger charge is -2.13. The van der Waals surface area contributed by atoms with E-state index in [4.69, 9.17) is 9.40 Å². The number of hydrogen-bond acceptors (Lipinski definition) is 2. The molecule has 3 aromatic carbocycles. The molecule has 0 aliphatic carbocycles. The highest BCUT2D eigenvalue weighted by molar-refractivity contribution is 6.21. The highest BCUT2D eigenvalue weighted by atomic mass is 16.3. The zero-order valence-electron chi connectivity index (χ0n) is 13.6. The number of aryl methyl sites for hydroxylation is 2. The van der Waals surface area contributed by atoms with Crippen LogP contribution in [0.5, 0.6) is 0 Å². The predicted molar refractivity (Wildman–Crippen MR) is 97.8 cm³/mol. The smallest absolute Gasteiger partial charge is 0.144 e. The number of nitrogens with zero attached hydrogens (tertiary/aromatic N) is 2. The first-order chi connectivity index (χ1) is 11.8. The third kappa shape index (κ3) is 1.64. The Morgan fingerprint density at radius 1 is 0.833 bits per heavy atom. The quantitative estimate of drug-likeness (QED) is 0.407. The molecule has 2 heterocycles. The Bertz CT molecular complexity index is 1210. The Morgan fingerprint density at radius 3 is 2.38 bits per heavy atom. The first-order valence-electron chi connectivity index (χ1n) is 8.07. The van der Waals surface area contributed by atoms with Gasteiger partial charge in [-0.3, -0.25) is 4.57 Å². The third-order valence-electron chi connectivity index (χ3n) is 4.80. The Balaban J connectivity index is 2.05. The minimum absolute atomic E-state index is 0.907. The van der Waals surface area contributed by atoms with E-state index in [0.29, 0.717) is 0 Å². The summed E-state index contributed by atoms with van der Waals surface area (Å²) >= 11 is 0. The van der Waals surface area contributed by atoms with E-state index in [0.717, 1.165) is 32.8 Å². The van der Waals surface area contributed by atoms with Gasteiger partial charge in [0, 0.05) is 16.2 Å². The average Bonchev–Trinajstić information content (AvgIpc) is 3.22. The van der Waals surface area contributed by atoms with Gasteiger partial charge in [-0.05, 0) is 31.0 Å². The number of benzene rings is 3. The maximum Gasteiger partial charge on any atom is 0.144 e. The molecule has 0 bridgehead atoms. The molecule has 116 valence electrons. The number of fused-ring (bicyclic) bond motifs is 6. The molecular formula is C21H16N2O. The number of hydrogen-bond donors (Lipinski definition) is 0. The van der Waals surface area contributed by atoms with Gasteiger partial charge in [-0.2, -0.15) is 0 Å². The van der Waals surface area contributed by atoms with Crippen molar-refractivity contribution >= 4 is 32.8 Å². The first kappa shape index (κ1) is 13.4. The van der Waals surface area contributed by atoms with Crippen molar-refractivity contribution in [1.82, 2.24) is 9.55 Å². The molecule has 2 aromatic heterocycles. The van der Waals surface area contributed by atoms with Crippen molar-refractivity contribution in [3.63, 3.8) is 0 Å². The van der Waals surface area contributed by atoms with Gasteiger partial charge in [-0.25, -0.2) is 4.98 Å². The second-order valence-electron chi connectivity index (χ2n) is 6.26. The molecule has 24 heavy (non-hydrogen) atoms. The predicted octanol–water partition coefficient (Wildman–Crippen LogP) is 5.54. The summed E-state index contributed by atoms with van der Waals surface area (Å²) < 4.78 is 7.97. The molecule has 0 unspecified atom stereocenters. The van der Waals surface area contributed by atoms with Crippen LogP contribution in [-0.2, 0) is 0 Å². The summed E-state index contributed by atoms with van der Waals surface area (Å²) in [6, 6.07) is 16.8. The molecule has 0 N–H and O–H groups in total. The molecule has 0 spiro atoms. The van der Waals surface area contributed by atoms with E-state index in [1.165, 1.54) is 16.8 Å². The van der Waals surface area contributed by atoms with E-state index >= 15 is 0 Å². The monoisotopic (exact) mass is 312 g/mol. The van der Waals surface area contributed by atoms with E-state index < -0.39 is 0 Å². The molecule has 5 rings (SSSR count). The molecular weight excluding hydrogens is 296 g/mol. The van der Waals surface area contributed by atoms with Crippen LogP contribution in [0.3, 0.4) is 0 Å². The summed E-state index contributed by atoms with van der Waals surface area (Å²) in [6.07, 6.45) is 3.67. The fraction of sp³-hybridized carbons (Fsp3) is 0.0952. The van der Waals surface area contributed by atoms with E-state index in [-0.39, 0.29) is 0 Å². The Kier molecular flexibility index (Phi) is 2.63. The van der Waals surface area contributed by atoms with Gasteiger partial charge in [-0.15, -0.1) is 0 Å². The van der Waals surface area contributed by atoms with Crippen LogP contribution in [0.4, 0.5) is 0 Å². The highest BCUT2D eigenvalue weighted by Crippen LogP contribution is 2.36. The van der Waals surface area contributed by atoms with Crippen molar-refractivity contribution in [3.8, 4) is 5.69 Å². The number of furan rings is 1. The lowest BCUT2D eigenvalue weighted by molar-refractivity contribution is 0.619. The molecule has 0 aliphatic heterocycles. The molecule has 5 aromatic rings. The summed E-state index contributed by atoms with van der Waals surface area (Å²) in [4.78, 5) is 4.73. The molecule has 0 saturated heterocycles. The van der Waals surface area contributed by atoms with Crippen LogP contribution >= 0.6 is 0 Å². The van der Waals surface area contributed by atoms with E-state index in [1.54, 1.807) is 6.26 Å². The molecule has 0 saturated carbocycles. The zero-order valence-corrected chi connectivity index (χ0v) is 13.6. The second-order valence-corrected chi connectivity index (χ2v) is 6.26. The molecule has 0 aliphatic rings. The van der Waals surface area contributed by atoms with Crippen molar-refractivity contribution in [2.75, 3.05) is 0 Å². The molecule has 3 nitrogen and oxygen atoms in total. The van der Waals surface area contributed by atoms with Crippen LogP contribution in [0.2, 0.25) is 0 Å².